The predicted octanol–water partition coefficient (Wildman–Crippen LogP) is 1.30. The fourth-order valence-corrected chi connectivity index (χ4v) is 2.50. The highest BCUT2D eigenvalue weighted by molar-refractivity contribution is 7.99. The molecular weight excluding hydrogens is 236 g/mol. The maximum atomic E-state index is 11.7. The number of carbonyl (C=O) groups excluding carboxylic acids is 1. The molecule has 1 N–H and O–H groups in total. The Morgan fingerprint density at radius 1 is 1.71 bits per heavy atom. The van der Waals surface area contributed by atoms with Crippen LogP contribution in [0.1, 0.15) is 26.7 Å². The van der Waals surface area contributed by atoms with Gasteiger partial charge in [-0.05, 0) is 32.6 Å². The lowest BCUT2D eigenvalue weighted by molar-refractivity contribution is -0.119. The molecule has 0 saturated heterocycles. The number of thioether (sulfide) groups is 1. The molecule has 0 radical (unpaired) electrons. The SMILES string of the molecule is CCn1cnnc1SCC(=O)N[C@@H](C)C1CC1. The Morgan fingerprint density at radius 3 is 3.12 bits per heavy atom. The molecule has 94 valence electrons. The fourth-order valence-electron chi connectivity index (χ4n) is 1.71. The van der Waals surface area contributed by atoms with Crippen molar-refractivity contribution < 1.29 is 4.79 Å². The van der Waals surface area contributed by atoms with Gasteiger partial charge in [0, 0.05) is 12.6 Å². The van der Waals surface area contributed by atoms with Gasteiger partial charge in [-0.2, -0.15) is 0 Å². The standard InChI is InChI=1S/C11H18N4OS/c1-3-15-7-12-14-11(15)17-6-10(16)13-8(2)9-4-5-9/h7-9H,3-6H2,1-2H3,(H,13,16)/t8-/m0/s1. The molecule has 1 atom stereocenters. The van der Waals surface area contributed by atoms with Gasteiger partial charge in [-0.25, -0.2) is 0 Å². The largest absolute Gasteiger partial charge is 0.353 e. The van der Waals surface area contributed by atoms with E-state index in [-0.39, 0.29) is 5.91 Å². The Morgan fingerprint density at radius 2 is 2.47 bits per heavy atom. The van der Waals surface area contributed by atoms with Crippen molar-refractivity contribution in [2.75, 3.05) is 5.75 Å². The van der Waals surface area contributed by atoms with E-state index in [1.54, 1.807) is 6.33 Å². The van der Waals surface area contributed by atoms with Crippen LogP contribution in [0.4, 0.5) is 0 Å². The van der Waals surface area contributed by atoms with Crippen molar-refractivity contribution in [3.63, 3.8) is 0 Å². The van der Waals surface area contributed by atoms with E-state index < -0.39 is 0 Å². The zero-order chi connectivity index (χ0) is 12.3. The van der Waals surface area contributed by atoms with Gasteiger partial charge in [-0.15, -0.1) is 10.2 Å². The molecule has 1 aliphatic carbocycles. The molecule has 5 nitrogen and oxygen atoms in total. The van der Waals surface area contributed by atoms with Crippen molar-refractivity contribution in [1.82, 2.24) is 20.1 Å². The molecule has 0 aromatic carbocycles. The van der Waals surface area contributed by atoms with Gasteiger partial charge < -0.3 is 9.88 Å². The molecule has 17 heavy (non-hydrogen) atoms. The van der Waals surface area contributed by atoms with Crippen LogP contribution in [0.3, 0.4) is 0 Å². The number of aryl methyl sites for hydroxylation is 1. The number of carbonyl (C=O) groups is 1. The average molecular weight is 254 g/mol. The molecule has 0 bridgehead atoms. The molecule has 1 aromatic heterocycles. The minimum Gasteiger partial charge on any atom is -0.353 e. The maximum Gasteiger partial charge on any atom is 0.230 e. The van der Waals surface area contributed by atoms with Crippen LogP contribution in [0.2, 0.25) is 0 Å². The smallest absolute Gasteiger partial charge is 0.230 e. The lowest BCUT2D eigenvalue weighted by atomic mass is 10.2. The Kier molecular flexibility index (Phi) is 4.04. The van der Waals surface area contributed by atoms with Gasteiger partial charge in [0.15, 0.2) is 5.16 Å². The Bertz CT molecular complexity index is 389. The number of hydrogen-bond donors (Lipinski definition) is 1. The normalized spacial score (nSPS) is 16.8. The van der Waals surface area contributed by atoms with Crippen molar-refractivity contribution in [2.24, 2.45) is 5.92 Å². The molecule has 0 spiro atoms. The first kappa shape index (κ1) is 12.4. The van der Waals surface area contributed by atoms with E-state index in [2.05, 4.69) is 22.4 Å². The van der Waals surface area contributed by atoms with Gasteiger partial charge >= 0.3 is 0 Å². The summed E-state index contributed by atoms with van der Waals surface area (Å²) in [5.74, 6) is 1.19. The molecule has 2 rings (SSSR count). The first-order valence-electron chi connectivity index (χ1n) is 6.00. The van der Waals surface area contributed by atoms with E-state index in [1.807, 2.05) is 11.5 Å². The molecule has 6 heteroatoms. The molecule has 1 aromatic rings. The summed E-state index contributed by atoms with van der Waals surface area (Å²) in [5.41, 5.74) is 0. The Balaban J connectivity index is 1.75. The zero-order valence-corrected chi connectivity index (χ0v) is 11.0. The van der Waals surface area contributed by atoms with E-state index in [4.69, 9.17) is 0 Å². The summed E-state index contributed by atoms with van der Waals surface area (Å²) in [5, 5.41) is 11.6. The van der Waals surface area contributed by atoms with Crippen LogP contribution >= 0.6 is 11.8 Å². The highest BCUT2D eigenvalue weighted by atomic mass is 32.2. The van der Waals surface area contributed by atoms with Crippen molar-refractivity contribution in [2.45, 2.75) is 44.4 Å². The molecule has 1 fully saturated rings. The number of nitrogens with zero attached hydrogens (tertiary/aromatic N) is 3. The second-order valence-corrected chi connectivity index (χ2v) is 5.32. The molecule has 1 saturated carbocycles. The van der Waals surface area contributed by atoms with Crippen LogP contribution in [0.25, 0.3) is 0 Å². The molecule has 0 aliphatic heterocycles. The fraction of sp³-hybridized carbons (Fsp3) is 0.727. The topological polar surface area (TPSA) is 59.8 Å². The lowest BCUT2D eigenvalue weighted by Gasteiger charge is -2.12. The number of nitrogens with one attached hydrogen (secondary N) is 1. The molecule has 1 amide bonds. The van der Waals surface area contributed by atoms with E-state index >= 15 is 0 Å². The minimum absolute atomic E-state index is 0.0834. The number of hydrogen-bond acceptors (Lipinski definition) is 4. The molecule has 0 unspecified atom stereocenters. The summed E-state index contributed by atoms with van der Waals surface area (Å²) >= 11 is 1.44. The highest BCUT2D eigenvalue weighted by Crippen LogP contribution is 2.32. The Hall–Kier alpha value is -1.04. The zero-order valence-electron chi connectivity index (χ0n) is 10.2. The van der Waals surface area contributed by atoms with Crippen molar-refractivity contribution >= 4 is 17.7 Å². The molecular formula is C11H18N4OS. The van der Waals surface area contributed by atoms with Gasteiger partial charge in [0.1, 0.15) is 6.33 Å². The van der Waals surface area contributed by atoms with Gasteiger partial charge in [0.2, 0.25) is 5.91 Å². The summed E-state index contributed by atoms with van der Waals surface area (Å²) < 4.78 is 1.93. The van der Waals surface area contributed by atoms with Gasteiger partial charge in [-0.3, -0.25) is 4.79 Å². The number of amides is 1. The quantitative estimate of drug-likeness (QED) is 0.777. The summed E-state index contributed by atoms with van der Waals surface area (Å²) in [7, 11) is 0. The van der Waals surface area contributed by atoms with Crippen LogP contribution in [0, 0.1) is 5.92 Å². The van der Waals surface area contributed by atoms with Crippen LogP contribution < -0.4 is 5.32 Å². The van der Waals surface area contributed by atoms with Gasteiger partial charge in [0.25, 0.3) is 0 Å². The summed E-state index contributed by atoms with van der Waals surface area (Å²) in [6, 6.07) is 0.312. The third-order valence-corrected chi connectivity index (χ3v) is 3.95. The lowest BCUT2D eigenvalue weighted by Crippen LogP contribution is -2.35. The minimum atomic E-state index is 0.0834. The number of rotatable bonds is 6. The average Bonchev–Trinajstić information content (AvgIpc) is 3.06. The van der Waals surface area contributed by atoms with Crippen molar-refractivity contribution in [3.05, 3.63) is 6.33 Å². The first-order chi connectivity index (χ1) is 8.20. The molecule has 1 heterocycles. The van der Waals surface area contributed by atoms with E-state index in [1.165, 1.54) is 24.6 Å². The summed E-state index contributed by atoms with van der Waals surface area (Å²) in [6.45, 7) is 4.94. The predicted molar refractivity (Wildman–Crippen MR) is 66.7 cm³/mol. The second kappa shape index (κ2) is 5.53. The van der Waals surface area contributed by atoms with E-state index in [9.17, 15) is 4.79 Å². The highest BCUT2D eigenvalue weighted by Gasteiger charge is 2.28. The maximum absolute atomic E-state index is 11.7. The molecule has 1 aliphatic rings. The third-order valence-electron chi connectivity index (χ3n) is 2.97. The van der Waals surface area contributed by atoms with E-state index in [0.717, 1.165) is 11.7 Å². The van der Waals surface area contributed by atoms with Gasteiger partial charge in [0.05, 0.1) is 5.75 Å². The van der Waals surface area contributed by atoms with Crippen LogP contribution in [-0.4, -0.2) is 32.5 Å². The Labute approximate surface area is 105 Å². The monoisotopic (exact) mass is 254 g/mol. The van der Waals surface area contributed by atoms with Crippen molar-refractivity contribution in [1.29, 1.82) is 0 Å². The third kappa shape index (κ3) is 3.46. The van der Waals surface area contributed by atoms with Crippen LogP contribution in [0.5, 0.6) is 0 Å². The summed E-state index contributed by atoms with van der Waals surface area (Å²) in [6.07, 6.45) is 4.19. The first-order valence-corrected chi connectivity index (χ1v) is 6.99. The van der Waals surface area contributed by atoms with Crippen molar-refractivity contribution in [3.8, 4) is 0 Å². The van der Waals surface area contributed by atoms with Crippen LogP contribution in [0.15, 0.2) is 11.5 Å². The van der Waals surface area contributed by atoms with Gasteiger partial charge in [-0.1, -0.05) is 11.8 Å². The summed E-state index contributed by atoms with van der Waals surface area (Å²) in [4.78, 5) is 11.7. The van der Waals surface area contributed by atoms with Crippen LogP contribution in [-0.2, 0) is 11.3 Å². The number of aromatic nitrogens is 3. The van der Waals surface area contributed by atoms with E-state index in [0.29, 0.717) is 17.7 Å². The second-order valence-electron chi connectivity index (χ2n) is 4.38.